The van der Waals surface area contributed by atoms with E-state index in [9.17, 15) is 4.79 Å². The molecule has 6 heteroatoms. The Morgan fingerprint density at radius 1 is 0.938 bits per heavy atom. The molecule has 0 saturated heterocycles. The van der Waals surface area contributed by atoms with Crippen molar-refractivity contribution < 1.29 is 14.3 Å². The molecule has 0 radical (unpaired) electrons. The molecule has 0 unspecified atom stereocenters. The lowest BCUT2D eigenvalue weighted by molar-refractivity contribution is -0.127. The number of rotatable bonds is 8. The zero-order chi connectivity index (χ0) is 22.3. The summed E-state index contributed by atoms with van der Waals surface area (Å²) < 4.78 is 10.9. The third-order valence-electron chi connectivity index (χ3n) is 5.10. The van der Waals surface area contributed by atoms with E-state index in [2.05, 4.69) is 15.3 Å². The molecule has 0 aliphatic heterocycles. The highest BCUT2D eigenvalue weighted by molar-refractivity contribution is 5.80. The molecule has 0 saturated carbocycles. The second-order valence-electron chi connectivity index (χ2n) is 7.36. The van der Waals surface area contributed by atoms with Crippen molar-refractivity contribution in [1.82, 2.24) is 15.3 Å². The van der Waals surface area contributed by atoms with Gasteiger partial charge in [0.2, 0.25) is 0 Å². The number of H-pyrrole nitrogens is 1. The highest BCUT2D eigenvalue weighted by atomic mass is 16.5. The highest BCUT2D eigenvalue weighted by Crippen LogP contribution is 2.24. The van der Waals surface area contributed by atoms with Crippen molar-refractivity contribution in [1.29, 1.82) is 0 Å². The Bertz CT molecular complexity index is 1150. The van der Waals surface area contributed by atoms with E-state index in [-0.39, 0.29) is 5.91 Å². The number of aromatic amines is 1. The van der Waals surface area contributed by atoms with E-state index in [0.29, 0.717) is 12.3 Å². The Hall–Kier alpha value is -4.06. The van der Waals surface area contributed by atoms with Gasteiger partial charge in [-0.1, -0.05) is 42.5 Å². The van der Waals surface area contributed by atoms with E-state index in [1.54, 1.807) is 14.0 Å². The molecule has 3 aromatic carbocycles. The van der Waals surface area contributed by atoms with E-state index in [1.807, 2.05) is 85.1 Å². The van der Waals surface area contributed by atoms with Gasteiger partial charge in [0.25, 0.3) is 5.91 Å². The van der Waals surface area contributed by atoms with Crippen LogP contribution in [0.3, 0.4) is 0 Å². The molecular formula is C26H25N3O3. The van der Waals surface area contributed by atoms with Crippen molar-refractivity contribution >= 4 is 5.91 Å². The second kappa shape index (κ2) is 9.83. The monoisotopic (exact) mass is 427 g/mol. The number of carbonyl (C=O) groups excluding carboxylic acids is 1. The van der Waals surface area contributed by atoms with Gasteiger partial charge < -0.3 is 19.8 Å². The summed E-state index contributed by atoms with van der Waals surface area (Å²) in [7, 11) is 1.65. The van der Waals surface area contributed by atoms with Crippen LogP contribution in [0.2, 0.25) is 0 Å². The summed E-state index contributed by atoms with van der Waals surface area (Å²) in [6.07, 6.45) is 1.25. The van der Waals surface area contributed by atoms with Crippen LogP contribution < -0.4 is 14.8 Å². The van der Waals surface area contributed by atoms with Crippen molar-refractivity contribution in [2.45, 2.75) is 19.6 Å². The van der Waals surface area contributed by atoms with Crippen molar-refractivity contribution in [2.75, 3.05) is 7.11 Å². The van der Waals surface area contributed by atoms with Gasteiger partial charge in [0.1, 0.15) is 17.3 Å². The molecule has 162 valence electrons. The SMILES string of the molecule is COc1ccc(-c2cnc(-c3ccc(CNC(=O)[C@@H](C)Oc4ccccc4)cc3)[nH]2)cc1. The first-order chi connectivity index (χ1) is 15.6. The number of amides is 1. The summed E-state index contributed by atoms with van der Waals surface area (Å²) in [5, 5.41) is 2.92. The van der Waals surface area contributed by atoms with Gasteiger partial charge in [-0.15, -0.1) is 0 Å². The number of hydrogen-bond acceptors (Lipinski definition) is 4. The van der Waals surface area contributed by atoms with E-state index in [0.717, 1.165) is 34.0 Å². The average Bonchev–Trinajstić information content (AvgIpc) is 3.34. The fourth-order valence-corrected chi connectivity index (χ4v) is 3.26. The molecule has 0 spiro atoms. The number of benzene rings is 3. The number of carbonyl (C=O) groups is 1. The lowest BCUT2D eigenvalue weighted by atomic mass is 10.1. The molecular weight excluding hydrogens is 402 g/mol. The summed E-state index contributed by atoms with van der Waals surface area (Å²) in [6, 6.07) is 25.1. The fraction of sp³-hybridized carbons (Fsp3) is 0.154. The first-order valence-corrected chi connectivity index (χ1v) is 10.4. The number of methoxy groups -OCH3 is 1. The smallest absolute Gasteiger partial charge is 0.261 e. The predicted molar refractivity (Wildman–Crippen MR) is 124 cm³/mol. The number of hydrogen-bond donors (Lipinski definition) is 2. The minimum atomic E-state index is -0.573. The summed E-state index contributed by atoms with van der Waals surface area (Å²) in [5.41, 5.74) is 3.94. The first kappa shape index (κ1) is 21.2. The minimum absolute atomic E-state index is 0.159. The van der Waals surface area contributed by atoms with Gasteiger partial charge in [-0.3, -0.25) is 4.79 Å². The molecule has 0 bridgehead atoms. The van der Waals surface area contributed by atoms with Gasteiger partial charge in [-0.2, -0.15) is 0 Å². The molecule has 4 rings (SSSR count). The average molecular weight is 428 g/mol. The van der Waals surface area contributed by atoms with Crippen LogP contribution in [0.25, 0.3) is 22.6 Å². The van der Waals surface area contributed by atoms with Gasteiger partial charge in [0.15, 0.2) is 6.10 Å². The van der Waals surface area contributed by atoms with Gasteiger partial charge >= 0.3 is 0 Å². The number of aromatic nitrogens is 2. The standard InChI is InChI=1S/C26H25N3O3/c1-18(32-23-6-4-3-5-7-23)26(30)28-16-19-8-10-21(11-9-19)25-27-17-24(29-25)20-12-14-22(31-2)15-13-20/h3-15,17-18H,16H2,1-2H3,(H,27,29)(H,28,30)/t18-/m1/s1. The van der Waals surface area contributed by atoms with Gasteiger partial charge in [-0.05, 0) is 54.4 Å². The second-order valence-corrected chi connectivity index (χ2v) is 7.36. The number of ether oxygens (including phenoxy) is 2. The molecule has 2 N–H and O–H groups in total. The molecule has 1 amide bonds. The lowest BCUT2D eigenvalue weighted by Gasteiger charge is -2.14. The van der Waals surface area contributed by atoms with Crippen LogP contribution in [0.15, 0.2) is 85.1 Å². The Kier molecular flexibility index (Phi) is 6.51. The Morgan fingerprint density at radius 3 is 2.31 bits per heavy atom. The van der Waals surface area contributed by atoms with E-state index < -0.39 is 6.10 Å². The highest BCUT2D eigenvalue weighted by Gasteiger charge is 2.14. The summed E-state index contributed by atoms with van der Waals surface area (Å²) in [4.78, 5) is 20.2. The van der Waals surface area contributed by atoms with Gasteiger partial charge in [0.05, 0.1) is 19.0 Å². The molecule has 32 heavy (non-hydrogen) atoms. The van der Waals surface area contributed by atoms with Crippen LogP contribution in [0.4, 0.5) is 0 Å². The van der Waals surface area contributed by atoms with E-state index in [4.69, 9.17) is 9.47 Å². The van der Waals surface area contributed by atoms with E-state index >= 15 is 0 Å². The maximum absolute atomic E-state index is 12.3. The summed E-state index contributed by atoms with van der Waals surface area (Å²) >= 11 is 0. The van der Waals surface area contributed by atoms with Crippen molar-refractivity contribution in [3.63, 3.8) is 0 Å². The third-order valence-corrected chi connectivity index (χ3v) is 5.10. The summed E-state index contributed by atoms with van der Waals surface area (Å²) in [6.45, 7) is 2.17. The van der Waals surface area contributed by atoms with Crippen LogP contribution in [0.5, 0.6) is 11.5 Å². The molecule has 1 aromatic heterocycles. The van der Waals surface area contributed by atoms with Crippen LogP contribution in [0.1, 0.15) is 12.5 Å². The number of nitrogens with one attached hydrogen (secondary N) is 2. The topological polar surface area (TPSA) is 76.2 Å². The van der Waals surface area contributed by atoms with Crippen LogP contribution in [-0.4, -0.2) is 29.1 Å². The molecule has 0 fully saturated rings. The zero-order valence-corrected chi connectivity index (χ0v) is 18.0. The predicted octanol–water partition coefficient (Wildman–Crippen LogP) is 4.84. The van der Waals surface area contributed by atoms with Crippen LogP contribution in [-0.2, 0) is 11.3 Å². The van der Waals surface area contributed by atoms with Crippen LogP contribution in [0, 0.1) is 0 Å². The Balaban J connectivity index is 1.34. The molecule has 0 aliphatic rings. The lowest BCUT2D eigenvalue weighted by Crippen LogP contribution is -2.35. The first-order valence-electron chi connectivity index (χ1n) is 10.4. The number of nitrogens with zero attached hydrogens (tertiary/aromatic N) is 1. The van der Waals surface area contributed by atoms with Crippen molar-refractivity contribution in [2.24, 2.45) is 0 Å². The normalized spacial score (nSPS) is 11.6. The quantitative estimate of drug-likeness (QED) is 0.422. The Morgan fingerprint density at radius 2 is 1.62 bits per heavy atom. The molecule has 6 nitrogen and oxygen atoms in total. The number of imidazole rings is 1. The third kappa shape index (κ3) is 5.16. The molecule has 0 aliphatic carbocycles. The zero-order valence-electron chi connectivity index (χ0n) is 18.0. The summed E-state index contributed by atoms with van der Waals surface area (Å²) in [5.74, 6) is 2.12. The van der Waals surface area contributed by atoms with Gasteiger partial charge in [0, 0.05) is 12.1 Å². The van der Waals surface area contributed by atoms with E-state index in [1.165, 1.54) is 0 Å². The maximum Gasteiger partial charge on any atom is 0.261 e. The minimum Gasteiger partial charge on any atom is -0.497 e. The molecule has 1 heterocycles. The number of para-hydroxylation sites is 1. The molecule has 4 aromatic rings. The Labute approximate surface area is 187 Å². The fourth-order valence-electron chi connectivity index (χ4n) is 3.26. The maximum atomic E-state index is 12.3. The van der Waals surface area contributed by atoms with Crippen LogP contribution >= 0.6 is 0 Å². The largest absolute Gasteiger partial charge is 0.497 e. The van der Waals surface area contributed by atoms with Gasteiger partial charge in [-0.25, -0.2) is 4.98 Å². The van der Waals surface area contributed by atoms with Crippen molar-refractivity contribution in [3.05, 3.63) is 90.6 Å². The van der Waals surface area contributed by atoms with Crippen molar-refractivity contribution in [3.8, 4) is 34.1 Å². The molecule has 1 atom stereocenters.